The number of rotatable bonds is 6. The van der Waals surface area contributed by atoms with E-state index in [-0.39, 0.29) is 5.69 Å². The zero-order chi connectivity index (χ0) is 19.9. The van der Waals surface area contributed by atoms with Crippen LogP contribution in [0.2, 0.25) is 0 Å². The molecule has 0 aliphatic heterocycles. The number of carbonyl (C=O) groups excluding carboxylic acids is 1. The minimum absolute atomic E-state index is 0.0424. The molecule has 2 amide bonds. The summed E-state index contributed by atoms with van der Waals surface area (Å²) in [4.78, 5) is 22.8. The van der Waals surface area contributed by atoms with Crippen molar-refractivity contribution in [2.45, 2.75) is 12.1 Å². The summed E-state index contributed by atoms with van der Waals surface area (Å²) in [5, 5.41) is 16.3. The van der Waals surface area contributed by atoms with E-state index >= 15 is 0 Å². The van der Waals surface area contributed by atoms with Gasteiger partial charge >= 0.3 is 6.03 Å². The van der Waals surface area contributed by atoms with Crippen LogP contribution in [-0.4, -0.2) is 11.0 Å². The van der Waals surface area contributed by atoms with Crippen LogP contribution >= 0.6 is 0 Å². The number of hydrogen-bond donors (Lipinski definition) is 3. The van der Waals surface area contributed by atoms with E-state index < -0.39 is 23.0 Å². The van der Waals surface area contributed by atoms with E-state index in [2.05, 4.69) is 10.6 Å². The van der Waals surface area contributed by atoms with E-state index in [1.54, 1.807) is 0 Å². The van der Waals surface area contributed by atoms with E-state index in [9.17, 15) is 14.9 Å². The maximum absolute atomic E-state index is 12.5. The van der Waals surface area contributed by atoms with Crippen LogP contribution in [-0.2, 0) is 0 Å². The van der Waals surface area contributed by atoms with Crippen molar-refractivity contribution in [1.82, 2.24) is 5.32 Å². The normalized spacial score (nSPS) is 12.6. The van der Waals surface area contributed by atoms with Crippen LogP contribution in [0.25, 0.3) is 0 Å². The molecule has 4 N–H and O–H groups in total. The van der Waals surface area contributed by atoms with E-state index in [0.29, 0.717) is 5.69 Å². The number of hydrogen-bond acceptors (Lipinski definition) is 4. The third-order valence-electron chi connectivity index (χ3n) is 4.32. The molecule has 0 radical (unpaired) electrons. The van der Waals surface area contributed by atoms with Crippen LogP contribution in [0.5, 0.6) is 0 Å². The molecule has 3 rings (SSSR count). The molecule has 28 heavy (non-hydrogen) atoms. The molecule has 0 unspecified atom stereocenters. The summed E-state index contributed by atoms with van der Waals surface area (Å²) in [5.74, 6) is 0. The molecule has 142 valence electrons. The molecular weight excluding hydrogens is 356 g/mol. The fraction of sp³-hybridized carbons (Fsp3) is 0.0952. The summed E-state index contributed by atoms with van der Waals surface area (Å²) in [6.45, 7) is 0. The number of nitro benzene ring substituents is 1. The first kappa shape index (κ1) is 19.1. The fourth-order valence-electron chi connectivity index (χ4n) is 2.88. The van der Waals surface area contributed by atoms with Gasteiger partial charge in [-0.15, -0.1) is 0 Å². The van der Waals surface area contributed by atoms with Gasteiger partial charge in [0, 0.05) is 17.8 Å². The van der Waals surface area contributed by atoms with Crippen LogP contribution in [0.1, 0.15) is 23.2 Å². The van der Waals surface area contributed by atoms with Gasteiger partial charge in [-0.1, -0.05) is 60.7 Å². The highest BCUT2D eigenvalue weighted by Gasteiger charge is 2.23. The summed E-state index contributed by atoms with van der Waals surface area (Å²) in [5.41, 5.74) is 8.62. The Bertz CT molecular complexity index is 931. The summed E-state index contributed by atoms with van der Waals surface area (Å²) in [6, 6.07) is 23.3. The van der Waals surface area contributed by atoms with E-state index in [4.69, 9.17) is 5.73 Å². The van der Waals surface area contributed by atoms with Crippen molar-refractivity contribution in [2.24, 2.45) is 5.73 Å². The third kappa shape index (κ3) is 4.72. The van der Waals surface area contributed by atoms with Gasteiger partial charge in [0.2, 0.25) is 0 Å². The number of nitro groups is 1. The number of nitrogens with zero attached hydrogens (tertiary/aromatic N) is 1. The number of anilines is 1. The van der Waals surface area contributed by atoms with Crippen molar-refractivity contribution in [3.05, 3.63) is 106 Å². The smallest absolute Gasteiger partial charge is 0.319 e. The van der Waals surface area contributed by atoms with Crippen molar-refractivity contribution in [3.63, 3.8) is 0 Å². The van der Waals surface area contributed by atoms with Crippen LogP contribution in [0.15, 0.2) is 84.9 Å². The average molecular weight is 376 g/mol. The third-order valence-corrected chi connectivity index (χ3v) is 4.32. The second-order valence-corrected chi connectivity index (χ2v) is 6.23. The second-order valence-electron chi connectivity index (χ2n) is 6.23. The van der Waals surface area contributed by atoms with Gasteiger partial charge in [0.05, 0.1) is 17.0 Å². The van der Waals surface area contributed by atoms with Crippen LogP contribution in [0.4, 0.5) is 16.2 Å². The van der Waals surface area contributed by atoms with E-state index in [0.717, 1.165) is 11.1 Å². The summed E-state index contributed by atoms with van der Waals surface area (Å²) in [7, 11) is 0. The summed E-state index contributed by atoms with van der Waals surface area (Å²) >= 11 is 0. The lowest BCUT2D eigenvalue weighted by molar-refractivity contribution is -0.384. The lowest BCUT2D eigenvalue weighted by Crippen LogP contribution is -2.38. The van der Waals surface area contributed by atoms with Gasteiger partial charge < -0.3 is 16.4 Å². The Morgan fingerprint density at radius 1 is 0.857 bits per heavy atom. The van der Waals surface area contributed by atoms with Gasteiger partial charge in [-0.25, -0.2) is 4.79 Å². The number of nitrogens with one attached hydrogen (secondary N) is 2. The van der Waals surface area contributed by atoms with Crippen LogP contribution < -0.4 is 16.4 Å². The molecule has 0 fully saturated rings. The molecule has 0 spiro atoms. The fourth-order valence-corrected chi connectivity index (χ4v) is 2.88. The van der Waals surface area contributed by atoms with Gasteiger partial charge in [-0.2, -0.15) is 0 Å². The highest BCUT2D eigenvalue weighted by atomic mass is 16.6. The highest BCUT2D eigenvalue weighted by Crippen LogP contribution is 2.27. The lowest BCUT2D eigenvalue weighted by atomic mass is 9.94. The maximum Gasteiger partial charge on any atom is 0.319 e. The number of carbonyl (C=O) groups is 1. The van der Waals surface area contributed by atoms with Gasteiger partial charge in [0.25, 0.3) is 5.69 Å². The Morgan fingerprint density at radius 2 is 1.39 bits per heavy atom. The van der Waals surface area contributed by atoms with Gasteiger partial charge in [0.1, 0.15) is 0 Å². The lowest BCUT2D eigenvalue weighted by Gasteiger charge is -2.26. The summed E-state index contributed by atoms with van der Waals surface area (Å²) < 4.78 is 0. The molecule has 7 nitrogen and oxygen atoms in total. The Hall–Kier alpha value is -3.71. The zero-order valence-electron chi connectivity index (χ0n) is 15.0. The largest absolute Gasteiger partial charge is 0.329 e. The molecule has 3 aromatic rings. The molecule has 2 atom stereocenters. The number of amides is 2. The molecule has 0 aliphatic carbocycles. The topological polar surface area (TPSA) is 110 Å². The quantitative estimate of drug-likeness (QED) is 0.443. The molecule has 3 aromatic carbocycles. The molecule has 0 saturated carbocycles. The van der Waals surface area contributed by atoms with Gasteiger partial charge in [-0.3, -0.25) is 10.1 Å². The molecule has 7 heteroatoms. The van der Waals surface area contributed by atoms with Crippen molar-refractivity contribution < 1.29 is 9.72 Å². The van der Waals surface area contributed by atoms with Crippen molar-refractivity contribution in [1.29, 1.82) is 0 Å². The molecule has 0 aliphatic rings. The molecule has 0 saturated heterocycles. The number of nitrogens with two attached hydrogens (primary N) is 1. The Labute approximate surface area is 162 Å². The maximum atomic E-state index is 12.5. The average Bonchev–Trinajstić information content (AvgIpc) is 2.73. The zero-order valence-corrected chi connectivity index (χ0v) is 15.0. The Morgan fingerprint density at radius 3 is 1.93 bits per heavy atom. The van der Waals surface area contributed by atoms with Crippen LogP contribution in [0, 0.1) is 10.1 Å². The first-order chi connectivity index (χ1) is 13.5. The minimum atomic E-state index is -0.492. The minimum Gasteiger partial charge on any atom is -0.329 e. The van der Waals surface area contributed by atoms with Gasteiger partial charge in [0.15, 0.2) is 0 Å². The van der Waals surface area contributed by atoms with Crippen LogP contribution in [0.3, 0.4) is 0 Å². The Balaban J connectivity index is 1.77. The Kier molecular flexibility index (Phi) is 5.98. The van der Waals surface area contributed by atoms with Crippen molar-refractivity contribution in [2.75, 3.05) is 5.32 Å². The molecule has 0 aromatic heterocycles. The SMILES string of the molecule is N[C@@H](c1ccccc1)[C@@H](NC(=O)Nc1ccc([N+](=O)[O-])cc1)c1ccccc1. The molecule has 0 heterocycles. The molecular formula is C21H20N4O3. The summed E-state index contributed by atoms with van der Waals surface area (Å²) in [6.07, 6.45) is 0. The number of benzene rings is 3. The van der Waals surface area contributed by atoms with E-state index in [1.807, 2.05) is 60.7 Å². The second kappa shape index (κ2) is 8.79. The predicted octanol–water partition coefficient (Wildman–Crippen LogP) is 4.16. The first-order valence-electron chi connectivity index (χ1n) is 8.72. The predicted molar refractivity (Wildman–Crippen MR) is 108 cm³/mol. The number of urea groups is 1. The monoisotopic (exact) mass is 376 g/mol. The first-order valence-corrected chi connectivity index (χ1v) is 8.72. The highest BCUT2D eigenvalue weighted by molar-refractivity contribution is 5.89. The molecule has 0 bridgehead atoms. The standard InChI is InChI=1S/C21H20N4O3/c22-19(15-7-3-1-4-8-15)20(16-9-5-2-6-10-16)24-21(26)23-17-11-13-18(14-12-17)25(27)28/h1-14,19-20H,22H2,(H2,23,24,26)/t19-,20-/m0/s1. The van der Waals surface area contributed by atoms with Gasteiger partial charge in [-0.05, 0) is 23.3 Å². The number of non-ortho nitro benzene ring substituents is 1. The van der Waals surface area contributed by atoms with E-state index in [1.165, 1.54) is 24.3 Å². The van der Waals surface area contributed by atoms with Crippen molar-refractivity contribution >= 4 is 17.4 Å². The van der Waals surface area contributed by atoms with Crippen molar-refractivity contribution in [3.8, 4) is 0 Å².